The Kier molecular flexibility index (Phi) is 3.78. The highest BCUT2D eigenvalue weighted by Gasteiger charge is 2.27. The Balaban J connectivity index is 2.01. The molecule has 1 unspecified atom stereocenters. The van der Waals surface area contributed by atoms with Crippen molar-refractivity contribution in [3.8, 4) is 0 Å². The van der Waals surface area contributed by atoms with Crippen LogP contribution in [0.25, 0.3) is 0 Å². The molecule has 1 aromatic heterocycles. The molecule has 1 aliphatic rings. The Labute approximate surface area is 101 Å². The molecule has 1 atom stereocenters. The van der Waals surface area contributed by atoms with Crippen molar-refractivity contribution in [3.63, 3.8) is 0 Å². The highest BCUT2D eigenvalue weighted by atomic mass is 16.5. The maximum Gasteiger partial charge on any atom is 0.327 e. The van der Waals surface area contributed by atoms with Gasteiger partial charge in [0.1, 0.15) is 6.04 Å². The van der Waals surface area contributed by atoms with Crippen LogP contribution in [-0.2, 0) is 16.6 Å². The lowest BCUT2D eigenvalue weighted by molar-refractivity contribution is -0.145. The summed E-state index contributed by atoms with van der Waals surface area (Å²) >= 11 is 0. The predicted octanol–water partition coefficient (Wildman–Crippen LogP) is 1.02. The largest absolute Gasteiger partial charge is 0.465 e. The summed E-state index contributed by atoms with van der Waals surface area (Å²) in [7, 11) is 1.84. The van der Waals surface area contributed by atoms with Gasteiger partial charge in [0, 0.05) is 18.8 Å². The molecule has 94 valence electrons. The number of carbonyl (C=O) groups is 1. The Morgan fingerprint density at radius 1 is 1.71 bits per heavy atom. The highest BCUT2D eigenvalue weighted by Crippen LogP contribution is 2.28. The summed E-state index contributed by atoms with van der Waals surface area (Å²) in [6, 6.07) is -0.385. The minimum atomic E-state index is -0.385. The van der Waals surface area contributed by atoms with Gasteiger partial charge in [-0.15, -0.1) is 0 Å². The fraction of sp³-hybridized carbons (Fsp3) is 0.667. The molecule has 0 aromatic carbocycles. The third-order valence-corrected chi connectivity index (χ3v) is 2.89. The second-order valence-corrected chi connectivity index (χ2v) is 4.48. The molecule has 0 spiro atoms. The SMILES string of the molecule is CCOC(=O)C(NCC1CC1)c1cnn(C)c1. The third kappa shape index (κ3) is 3.30. The van der Waals surface area contributed by atoms with Crippen molar-refractivity contribution < 1.29 is 9.53 Å². The number of nitrogens with one attached hydrogen (secondary N) is 1. The van der Waals surface area contributed by atoms with Gasteiger partial charge >= 0.3 is 5.97 Å². The maximum absolute atomic E-state index is 11.9. The van der Waals surface area contributed by atoms with Crippen molar-refractivity contribution in [2.75, 3.05) is 13.2 Å². The molecule has 0 bridgehead atoms. The molecule has 0 amide bonds. The van der Waals surface area contributed by atoms with Crippen molar-refractivity contribution in [3.05, 3.63) is 18.0 Å². The average Bonchev–Trinajstić information content (AvgIpc) is 3.02. The molecule has 1 heterocycles. The molecule has 0 aliphatic heterocycles. The minimum absolute atomic E-state index is 0.221. The van der Waals surface area contributed by atoms with Crippen LogP contribution in [0.1, 0.15) is 31.4 Å². The zero-order chi connectivity index (χ0) is 12.3. The second kappa shape index (κ2) is 5.31. The van der Waals surface area contributed by atoms with E-state index in [1.165, 1.54) is 12.8 Å². The van der Waals surface area contributed by atoms with Crippen molar-refractivity contribution in [1.29, 1.82) is 0 Å². The first-order valence-electron chi connectivity index (χ1n) is 6.09. The first-order chi connectivity index (χ1) is 8.20. The van der Waals surface area contributed by atoms with Gasteiger partial charge in [0.15, 0.2) is 0 Å². The van der Waals surface area contributed by atoms with Crippen LogP contribution in [0.3, 0.4) is 0 Å². The molecule has 1 aliphatic carbocycles. The van der Waals surface area contributed by atoms with Crippen molar-refractivity contribution in [2.45, 2.75) is 25.8 Å². The fourth-order valence-corrected chi connectivity index (χ4v) is 1.76. The van der Waals surface area contributed by atoms with Crippen LogP contribution in [-0.4, -0.2) is 28.9 Å². The molecular formula is C12H19N3O2. The zero-order valence-corrected chi connectivity index (χ0v) is 10.3. The van der Waals surface area contributed by atoms with Crippen molar-refractivity contribution >= 4 is 5.97 Å². The molecule has 1 saturated carbocycles. The summed E-state index contributed by atoms with van der Waals surface area (Å²) in [6.07, 6.45) is 6.08. The second-order valence-electron chi connectivity index (χ2n) is 4.48. The summed E-state index contributed by atoms with van der Waals surface area (Å²) < 4.78 is 6.78. The highest BCUT2D eigenvalue weighted by molar-refractivity contribution is 5.77. The number of hydrogen-bond donors (Lipinski definition) is 1. The summed E-state index contributed by atoms with van der Waals surface area (Å²) in [6.45, 7) is 3.10. The summed E-state index contributed by atoms with van der Waals surface area (Å²) in [5.74, 6) is 0.504. The van der Waals surface area contributed by atoms with E-state index in [0.717, 1.165) is 18.0 Å². The van der Waals surface area contributed by atoms with E-state index < -0.39 is 0 Å². The van der Waals surface area contributed by atoms with Gasteiger partial charge in [-0.3, -0.25) is 4.68 Å². The maximum atomic E-state index is 11.9. The lowest BCUT2D eigenvalue weighted by Crippen LogP contribution is -2.31. The number of ether oxygens (including phenoxy) is 1. The van der Waals surface area contributed by atoms with Crippen LogP contribution >= 0.6 is 0 Å². The van der Waals surface area contributed by atoms with E-state index in [2.05, 4.69) is 10.4 Å². The van der Waals surface area contributed by atoms with Gasteiger partial charge in [-0.1, -0.05) is 0 Å². The van der Waals surface area contributed by atoms with E-state index in [4.69, 9.17) is 4.74 Å². The Hall–Kier alpha value is -1.36. The number of aryl methyl sites for hydroxylation is 1. The van der Waals surface area contributed by atoms with Crippen LogP contribution in [0.2, 0.25) is 0 Å². The quantitative estimate of drug-likeness (QED) is 0.751. The summed E-state index contributed by atoms with van der Waals surface area (Å²) in [4.78, 5) is 11.9. The first kappa shape index (κ1) is 12.1. The summed E-state index contributed by atoms with van der Waals surface area (Å²) in [5.41, 5.74) is 0.867. The summed E-state index contributed by atoms with van der Waals surface area (Å²) in [5, 5.41) is 7.36. The Morgan fingerprint density at radius 3 is 3.00 bits per heavy atom. The molecule has 1 N–H and O–H groups in total. The smallest absolute Gasteiger partial charge is 0.327 e. The minimum Gasteiger partial charge on any atom is -0.465 e. The van der Waals surface area contributed by atoms with Gasteiger partial charge in [-0.2, -0.15) is 5.10 Å². The van der Waals surface area contributed by atoms with Gasteiger partial charge in [0.25, 0.3) is 0 Å². The van der Waals surface area contributed by atoms with E-state index in [0.29, 0.717) is 6.61 Å². The monoisotopic (exact) mass is 237 g/mol. The van der Waals surface area contributed by atoms with E-state index in [1.807, 2.05) is 20.2 Å². The van der Waals surface area contributed by atoms with E-state index in [-0.39, 0.29) is 12.0 Å². The van der Waals surface area contributed by atoms with Crippen LogP contribution in [0.15, 0.2) is 12.4 Å². The van der Waals surface area contributed by atoms with Gasteiger partial charge in [0.05, 0.1) is 12.8 Å². The lowest BCUT2D eigenvalue weighted by atomic mass is 10.1. The van der Waals surface area contributed by atoms with Crippen LogP contribution in [0.5, 0.6) is 0 Å². The molecule has 1 fully saturated rings. The van der Waals surface area contributed by atoms with Crippen LogP contribution in [0, 0.1) is 5.92 Å². The van der Waals surface area contributed by atoms with Crippen LogP contribution in [0.4, 0.5) is 0 Å². The van der Waals surface area contributed by atoms with Gasteiger partial charge in [-0.25, -0.2) is 4.79 Å². The topological polar surface area (TPSA) is 56.1 Å². The van der Waals surface area contributed by atoms with Gasteiger partial charge in [0.2, 0.25) is 0 Å². The normalized spacial score (nSPS) is 16.8. The molecule has 2 rings (SSSR count). The Bertz CT molecular complexity index is 385. The lowest BCUT2D eigenvalue weighted by Gasteiger charge is -2.15. The number of esters is 1. The molecule has 17 heavy (non-hydrogen) atoms. The van der Waals surface area contributed by atoms with E-state index in [9.17, 15) is 4.79 Å². The molecule has 0 radical (unpaired) electrons. The average molecular weight is 237 g/mol. The van der Waals surface area contributed by atoms with Gasteiger partial charge < -0.3 is 10.1 Å². The van der Waals surface area contributed by atoms with E-state index >= 15 is 0 Å². The standard InChI is InChI=1S/C12H19N3O2/c1-3-17-12(16)11(13-6-9-4-5-9)10-7-14-15(2)8-10/h7-9,11,13H,3-6H2,1-2H3. The third-order valence-electron chi connectivity index (χ3n) is 2.89. The number of rotatable bonds is 6. The fourth-order valence-electron chi connectivity index (χ4n) is 1.76. The number of nitrogens with zero attached hydrogens (tertiary/aromatic N) is 2. The van der Waals surface area contributed by atoms with Crippen molar-refractivity contribution in [2.24, 2.45) is 13.0 Å². The predicted molar refractivity (Wildman–Crippen MR) is 63.3 cm³/mol. The van der Waals surface area contributed by atoms with Crippen molar-refractivity contribution in [1.82, 2.24) is 15.1 Å². The first-order valence-corrected chi connectivity index (χ1v) is 6.09. The molecule has 0 saturated heterocycles. The number of hydrogen-bond acceptors (Lipinski definition) is 4. The number of aromatic nitrogens is 2. The van der Waals surface area contributed by atoms with Gasteiger partial charge in [-0.05, 0) is 32.2 Å². The van der Waals surface area contributed by atoms with Crippen LogP contribution < -0.4 is 5.32 Å². The molecule has 5 nitrogen and oxygen atoms in total. The van der Waals surface area contributed by atoms with E-state index in [1.54, 1.807) is 10.9 Å². The number of carbonyl (C=O) groups excluding carboxylic acids is 1. The molecular weight excluding hydrogens is 218 g/mol. The molecule has 1 aromatic rings. The zero-order valence-electron chi connectivity index (χ0n) is 10.3. The molecule has 5 heteroatoms. The Morgan fingerprint density at radius 2 is 2.47 bits per heavy atom.